The average Bonchev–Trinajstić information content (AvgIpc) is 2.65. The Bertz CT molecular complexity index is 217. The molecule has 1 aliphatic heterocycles. The predicted octanol–water partition coefficient (Wildman–Crippen LogP) is 1.34. The zero-order valence-electron chi connectivity index (χ0n) is 8.96. The number of amides is 1. The molecule has 3 heteroatoms. The first-order valence-electron chi connectivity index (χ1n) is 5.81. The van der Waals surface area contributed by atoms with Gasteiger partial charge < -0.3 is 4.90 Å². The van der Waals surface area contributed by atoms with Crippen LogP contribution in [-0.2, 0) is 4.79 Å². The van der Waals surface area contributed by atoms with Crippen molar-refractivity contribution in [1.29, 1.82) is 0 Å². The molecule has 0 bridgehead atoms. The van der Waals surface area contributed by atoms with Crippen LogP contribution in [0.5, 0.6) is 0 Å². The third-order valence-corrected chi connectivity index (χ3v) is 3.65. The maximum absolute atomic E-state index is 11.5. The lowest BCUT2D eigenvalue weighted by molar-refractivity contribution is -0.129. The van der Waals surface area contributed by atoms with E-state index < -0.39 is 0 Å². The second-order valence-corrected chi connectivity index (χ2v) is 4.54. The number of hydrogen-bond donors (Lipinski definition) is 1. The van der Waals surface area contributed by atoms with E-state index in [1.54, 1.807) is 0 Å². The highest BCUT2D eigenvalue weighted by atomic mass is 16.2. The highest BCUT2D eigenvalue weighted by Crippen LogP contribution is 2.30. The van der Waals surface area contributed by atoms with Crippen LogP contribution < -0.4 is 5.32 Å². The number of nitrogens with one attached hydrogen (secondary N) is 1. The summed E-state index contributed by atoms with van der Waals surface area (Å²) in [5.41, 5.74) is 0. The van der Waals surface area contributed by atoms with E-state index in [1.165, 1.54) is 32.1 Å². The molecule has 1 amide bonds. The minimum atomic E-state index is 0.298. The van der Waals surface area contributed by atoms with E-state index in [2.05, 4.69) is 12.2 Å². The van der Waals surface area contributed by atoms with E-state index in [0.717, 1.165) is 12.6 Å². The topological polar surface area (TPSA) is 32.3 Å². The molecule has 2 unspecified atom stereocenters. The molecule has 1 saturated carbocycles. The second-order valence-electron chi connectivity index (χ2n) is 4.54. The third-order valence-electron chi connectivity index (χ3n) is 3.65. The van der Waals surface area contributed by atoms with Gasteiger partial charge in [-0.15, -0.1) is 0 Å². The van der Waals surface area contributed by atoms with Crippen LogP contribution in [0.25, 0.3) is 0 Å². The largest absolute Gasteiger partial charge is 0.326 e. The lowest BCUT2D eigenvalue weighted by Crippen LogP contribution is -2.40. The summed E-state index contributed by atoms with van der Waals surface area (Å²) in [6.45, 7) is 3.59. The van der Waals surface area contributed by atoms with Crippen LogP contribution in [0.3, 0.4) is 0 Å². The molecule has 1 heterocycles. The summed E-state index contributed by atoms with van der Waals surface area (Å²) in [5, 5.41) is 3.13. The zero-order valence-corrected chi connectivity index (χ0v) is 8.96. The lowest BCUT2D eigenvalue weighted by atomic mass is 9.83. The Kier molecular flexibility index (Phi) is 3.06. The summed E-state index contributed by atoms with van der Waals surface area (Å²) in [6, 6.07) is 0.524. The number of hydrogen-bond acceptors (Lipinski definition) is 2. The number of rotatable bonds is 2. The van der Waals surface area contributed by atoms with Crippen molar-refractivity contribution >= 4 is 5.91 Å². The van der Waals surface area contributed by atoms with Crippen molar-refractivity contribution in [3.63, 3.8) is 0 Å². The normalized spacial score (nSPS) is 33.8. The Morgan fingerprint density at radius 1 is 1.50 bits per heavy atom. The monoisotopic (exact) mass is 196 g/mol. The molecule has 1 N–H and O–H groups in total. The minimum absolute atomic E-state index is 0.298. The third kappa shape index (κ3) is 1.92. The van der Waals surface area contributed by atoms with Crippen molar-refractivity contribution in [3.8, 4) is 0 Å². The van der Waals surface area contributed by atoms with Gasteiger partial charge in [0.15, 0.2) is 0 Å². The maximum Gasteiger partial charge on any atom is 0.237 e. The van der Waals surface area contributed by atoms with Crippen LogP contribution in [0.4, 0.5) is 0 Å². The molecule has 0 spiro atoms. The Balaban J connectivity index is 1.93. The predicted molar refractivity (Wildman–Crippen MR) is 55.8 cm³/mol. The fourth-order valence-corrected chi connectivity index (χ4v) is 2.72. The fraction of sp³-hybridized carbons (Fsp3) is 0.909. The Morgan fingerprint density at radius 2 is 2.36 bits per heavy atom. The summed E-state index contributed by atoms with van der Waals surface area (Å²) in [4.78, 5) is 13.6. The van der Waals surface area contributed by atoms with Crippen LogP contribution in [0.15, 0.2) is 0 Å². The van der Waals surface area contributed by atoms with Crippen molar-refractivity contribution in [2.45, 2.75) is 45.1 Å². The van der Waals surface area contributed by atoms with Gasteiger partial charge >= 0.3 is 0 Å². The van der Waals surface area contributed by atoms with Gasteiger partial charge in [0.25, 0.3) is 0 Å². The molecule has 2 rings (SSSR count). The number of nitrogens with zero attached hydrogens (tertiary/aromatic N) is 1. The maximum atomic E-state index is 11.5. The van der Waals surface area contributed by atoms with Crippen LogP contribution in [0.2, 0.25) is 0 Å². The van der Waals surface area contributed by atoms with Gasteiger partial charge in [-0.3, -0.25) is 10.1 Å². The first-order chi connectivity index (χ1) is 6.81. The standard InChI is InChI=1S/C11H20N2O/c1-2-9-4-3-5-10(6-9)13-8-12-7-11(13)14/h9-10,12H,2-8H2,1H3. The first kappa shape index (κ1) is 9.97. The summed E-state index contributed by atoms with van der Waals surface area (Å²) in [5.74, 6) is 1.15. The lowest BCUT2D eigenvalue weighted by Gasteiger charge is -2.34. The van der Waals surface area contributed by atoms with E-state index in [9.17, 15) is 4.79 Å². The second kappa shape index (κ2) is 4.30. The van der Waals surface area contributed by atoms with Gasteiger partial charge in [0.2, 0.25) is 5.91 Å². The van der Waals surface area contributed by atoms with E-state index in [0.29, 0.717) is 18.5 Å². The molecule has 0 aromatic heterocycles. The van der Waals surface area contributed by atoms with Crippen LogP contribution in [0.1, 0.15) is 39.0 Å². The molecule has 1 aliphatic carbocycles. The Morgan fingerprint density at radius 3 is 3.00 bits per heavy atom. The van der Waals surface area contributed by atoms with Gasteiger partial charge in [-0.2, -0.15) is 0 Å². The van der Waals surface area contributed by atoms with Crippen molar-refractivity contribution in [3.05, 3.63) is 0 Å². The van der Waals surface area contributed by atoms with E-state index in [1.807, 2.05) is 4.90 Å². The molecule has 2 atom stereocenters. The summed E-state index contributed by atoms with van der Waals surface area (Å²) < 4.78 is 0. The molecule has 80 valence electrons. The van der Waals surface area contributed by atoms with Crippen LogP contribution >= 0.6 is 0 Å². The van der Waals surface area contributed by atoms with Crippen molar-refractivity contribution in [1.82, 2.24) is 10.2 Å². The molecule has 0 aromatic rings. The van der Waals surface area contributed by atoms with Crippen molar-refractivity contribution in [2.75, 3.05) is 13.2 Å². The number of carbonyl (C=O) groups is 1. The first-order valence-corrected chi connectivity index (χ1v) is 5.81. The van der Waals surface area contributed by atoms with E-state index in [4.69, 9.17) is 0 Å². The summed E-state index contributed by atoms with van der Waals surface area (Å²) >= 11 is 0. The molecule has 3 nitrogen and oxygen atoms in total. The Labute approximate surface area is 85.8 Å². The fourth-order valence-electron chi connectivity index (χ4n) is 2.72. The molecular formula is C11H20N2O. The molecule has 2 aliphatic rings. The van der Waals surface area contributed by atoms with E-state index in [-0.39, 0.29) is 0 Å². The molecule has 0 aromatic carbocycles. The molecule has 14 heavy (non-hydrogen) atoms. The van der Waals surface area contributed by atoms with E-state index >= 15 is 0 Å². The van der Waals surface area contributed by atoms with Gasteiger partial charge in [-0.1, -0.05) is 26.2 Å². The highest BCUT2D eigenvalue weighted by Gasteiger charge is 2.31. The zero-order chi connectivity index (χ0) is 9.97. The summed E-state index contributed by atoms with van der Waals surface area (Å²) in [7, 11) is 0. The quantitative estimate of drug-likeness (QED) is 0.723. The van der Waals surface area contributed by atoms with Crippen molar-refractivity contribution in [2.24, 2.45) is 5.92 Å². The summed E-state index contributed by atoms with van der Waals surface area (Å²) in [6.07, 6.45) is 6.37. The van der Waals surface area contributed by atoms with Crippen molar-refractivity contribution < 1.29 is 4.79 Å². The molecule has 2 fully saturated rings. The Hall–Kier alpha value is -0.570. The van der Waals surface area contributed by atoms with Gasteiger partial charge in [0, 0.05) is 6.04 Å². The van der Waals surface area contributed by atoms with Gasteiger partial charge in [-0.25, -0.2) is 0 Å². The number of carbonyl (C=O) groups excluding carboxylic acids is 1. The smallest absolute Gasteiger partial charge is 0.237 e. The minimum Gasteiger partial charge on any atom is -0.326 e. The van der Waals surface area contributed by atoms with Gasteiger partial charge in [-0.05, 0) is 18.8 Å². The molecule has 1 saturated heterocycles. The van der Waals surface area contributed by atoms with Gasteiger partial charge in [0.1, 0.15) is 0 Å². The molecular weight excluding hydrogens is 176 g/mol. The van der Waals surface area contributed by atoms with Crippen LogP contribution in [-0.4, -0.2) is 30.1 Å². The molecule has 0 radical (unpaired) electrons. The highest BCUT2D eigenvalue weighted by molar-refractivity contribution is 5.80. The van der Waals surface area contributed by atoms with Crippen LogP contribution in [0, 0.1) is 5.92 Å². The van der Waals surface area contributed by atoms with Gasteiger partial charge in [0.05, 0.1) is 13.2 Å². The average molecular weight is 196 g/mol. The SMILES string of the molecule is CCC1CCCC(N2CNCC2=O)C1.